The Balaban J connectivity index is 1.42. The number of ether oxygens (including phenoxy) is 3. The van der Waals surface area contributed by atoms with Gasteiger partial charge in [0.05, 0.1) is 26.2 Å². The number of piperidine rings is 1. The molecule has 16 heteroatoms. The summed E-state index contributed by atoms with van der Waals surface area (Å²) < 4.78 is 92.8. The number of benzene rings is 2. The van der Waals surface area contributed by atoms with E-state index in [-0.39, 0.29) is 36.0 Å². The van der Waals surface area contributed by atoms with E-state index in [0.29, 0.717) is 37.4 Å². The second kappa shape index (κ2) is 13.2. The van der Waals surface area contributed by atoms with Crippen LogP contribution in [0.3, 0.4) is 0 Å². The maximum Gasteiger partial charge on any atom is 0.422 e. The van der Waals surface area contributed by atoms with Crippen molar-refractivity contribution in [1.29, 1.82) is 0 Å². The number of alkyl halides is 6. The minimum atomic E-state index is -4.68. The van der Waals surface area contributed by atoms with E-state index in [1.165, 1.54) is 20.3 Å². The second-order valence-electron chi connectivity index (χ2n) is 9.54. The van der Waals surface area contributed by atoms with Crippen molar-refractivity contribution in [2.75, 3.05) is 44.5 Å². The normalized spacial score (nSPS) is 14.3. The molecule has 0 spiro atoms. The lowest BCUT2D eigenvalue weighted by Gasteiger charge is -2.32. The third-order valence-electron chi connectivity index (χ3n) is 6.41. The van der Waals surface area contributed by atoms with Crippen molar-refractivity contribution in [3.05, 3.63) is 53.6 Å². The predicted molar refractivity (Wildman–Crippen MR) is 143 cm³/mol. The van der Waals surface area contributed by atoms with Gasteiger partial charge in [-0.2, -0.15) is 41.3 Å². The Labute approximate surface area is 242 Å². The molecule has 0 unspecified atom stereocenters. The van der Waals surface area contributed by atoms with E-state index in [1.54, 1.807) is 23.1 Å². The quantitative estimate of drug-likeness (QED) is 0.297. The molecule has 0 saturated carbocycles. The van der Waals surface area contributed by atoms with Gasteiger partial charge in [-0.1, -0.05) is 12.1 Å². The smallest absolute Gasteiger partial charge is 0.422 e. The number of nitrogens with zero attached hydrogens (tertiary/aromatic N) is 4. The number of hydrogen-bond acceptors (Lipinski definition) is 9. The lowest BCUT2D eigenvalue weighted by Crippen LogP contribution is -2.43. The zero-order chi connectivity index (χ0) is 31.2. The van der Waals surface area contributed by atoms with Crippen LogP contribution in [-0.4, -0.2) is 71.9 Å². The zero-order valence-electron chi connectivity index (χ0n) is 23.1. The molecule has 2 aromatic carbocycles. The van der Waals surface area contributed by atoms with Gasteiger partial charge in [-0.05, 0) is 48.7 Å². The van der Waals surface area contributed by atoms with Crippen LogP contribution in [0.15, 0.2) is 42.5 Å². The van der Waals surface area contributed by atoms with Gasteiger partial charge in [-0.3, -0.25) is 4.79 Å². The number of carbonyl (C=O) groups excluding carboxylic acids is 1. The highest BCUT2D eigenvalue weighted by atomic mass is 19.4. The van der Waals surface area contributed by atoms with Gasteiger partial charge in [0.25, 0.3) is 0 Å². The van der Waals surface area contributed by atoms with E-state index in [9.17, 15) is 31.1 Å². The summed E-state index contributed by atoms with van der Waals surface area (Å²) >= 11 is 0. The molecular weight excluding hydrogens is 586 g/mol. The lowest BCUT2D eigenvalue weighted by molar-refractivity contribution is -0.154. The summed E-state index contributed by atoms with van der Waals surface area (Å²) in [6.45, 7) is -0.899. The topological polar surface area (TPSA) is 111 Å². The monoisotopic (exact) mass is 614 g/mol. The highest BCUT2D eigenvalue weighted by Gasteiger charge is 2.31. The average molecular weight is 615 g/mol. The van der Waals surface area contributed by atoms with Crippen molar-refractivity contribution in [2.24, 2.45) is 0 Å². The van der Waals surface area contributed by atoms with Gasteiger partial charge in [0.15, 0.2) is 18.1 Å². The van der Waals surface area contributed by atoms with Crippen molar-refractivity contribution >= 4 is 23.5 Å². The molecule has 0 aliphatic carbocycles. The SMILES string of the molecule is COc1ccc(CC(=O)N2CCC(Nc3nc(Nc4cccc(C(F)(F)F)c4)nc(OCC(F)(F)F)n3)CC2)cc1OC. The van der Waals surface area contributed by atoms with E-state index in [2.05, 4.69) is 30.3 Å². The molecule has 1 aliphatic rings. The molecule has 3 aromatic rings. The zero-order valence-corrected chi connectivity index (χ0v) is 23.1. The minimum Gasteiger partial charge on any atom is -0.493 e. The molecule has 1 fully saturated rings. The number of rotatable bonds is 10. The Bertz CT molecular complexity index is 1410. The summed E-state index contributed by atoms with van der Waals surface area (Å²) in [5.74, 6) is 0.493. The van der Waals surface area contributed by atoms with Gasteiger partial charge in [-0.25, -0.2) is 0 Å². The Hall–Kier alpha value is -4.50. The van der Waals surface area contributed by atoms with Crippen LogP contribution < -0.4 is 24.8 Å². The lowest BCUT2D eigenvalue weighted by atomic mass is 10.0. The fourth-order valence-electron chi connectivity index (χ4n) is 4.32. The van der Waals surface area contributed by atoms with Crippen molar-refractivity contribution in [3.63, 3.8) is 0 Å². The van der Waals surface area contributed by atoms with Crippen LogP contribution in [0.1, 0.15) is 24.0 Å². The molecule has 2 heterocycles. The number of likely N-dealkylation sites (tertiary alicyclic amines) is 1. The van der Waals surface area contributed by atoms with Crippen LogP contribution >= 0.6 is 0 Å². The number of anilines is 3. The standard InChI is InChI=1S/C27H28F6N6O4/c1-41-20-7-6-16(12-21(20)42-2)13-22(40)39-10-8-18(9-11-39)34-23-36-24(38-25(37-23)43-15-26(28,29)30)35-19-5-3-4-17(14-19)27(31,32)33/h3-7,12,14,18H,8-11,13,15H2,1-2H3,(H2,34,35,36,37,38). The third kappa shape index (κ3) is 8.99. The van der Waals surface area contributed by atoms with Gasteiger partial charge in [0.2, 0.25) is 17.8 Å². The van der Waals surface area contributed by atoms with Crippen LogP contribution in [0, 0.1) is 0 Å². The molecule has 1 saturated heterocycles. The highest BCUT2D eigenvalue weighted by molar-refractivity contribution is 5.79. The number of amides is 1. The van der Waals surface area contributed by atoms with Crippen molar-refractivity contribution in [3.8, 4) is 17.5 Å². The van der Waals surface area contributed by atoms with E-state index >= 15 is 0 Å². The third-order valence-corrected chi connectivity index (χ3v) is 6.41. The van der Waals surface area contributed by atoms with E-state index in [1.807, 2.05) is 0 Å². The average Bonchev–Trinajstić information content (AvgIpc) is 2.95. The molecule has 0 radical (unpaired) electrons. The predicted octanol–water partition coefficient (Wildman–Crippen LogP) is 5.24. The van der Waals surface area contributed by atoms with Gasteiger partial charge < -0.3 is 29.7 Å². The highest BCUT2D eigenvalue weighted by Crippen LogP contribution is 2.32. The van der Waals surface area contributed by atoms with Gasteiger partial charge in [-0.15, -0.1) is 0 Å². The molecule has 43 heavy (non-hydrogen) atoms. The molecule has 2 N–H and O–H groups in total. The molecule has 0 bridgehead atoms. The Morgan fingerprint density at radius 3 is 2.28 bits per heavy atom. The Kier molecular flexibility index (Phi) is 9.66. The number of aromatic nitrogens is 3. The van der Waals surface area contributed by atoms with Crippen LogP contribution in [-0.2, 0) is 17.4 Å². The first-order valence-electron chi connectivity index (χ1n) is 13.0. The molecule has 232 valence electrons. The van der Waals surface area contributed by atoms with Crippen molar-refractivity contribution in [2.45, 2.75) is 37.7 Å². The van der Waals surface area contributed by atoms with E-state index in [0.717, 1.165) is 23.8 Å². The molecule has 10 nitrogen and oxygen atoms in total. The number of nitrogens with one attached hydrogen (secondary N) is 2. The number of carbonyl (C=O) groups is 1. The van der Waals surface area contributed by atoms with Gasteiger partial charge in [0, 0.05) is 24.8 Å². The van der Waals surface area contributed by atoms with Crippen LogP contribution in [0.4, 0.5) is 43.9 Å². The minimum absolute atomic E-state index is 0.0463. The first-order valence-corrected chi connectivity index (χ1v) is 13.0. The molecule has 1 aliphatic heterocycles. The van der Waals surface area contributed by atoms with Crippen molar-refractivity contribution < 1.29 is 45.3 Å². The fourth-order valence-corrected chi connectivity index (χ4v) is 4.32. The van der Waals surface area contributed by atoms with Crippen LogP contribution in [0.2, 0.25) is 0 Å². The van der Waals surface area contributed by atoms with E-state index < -0.39 is 30.5 Å². The summed E-state index contributed by atoms with van der Waals surface area (Å²) in [7, 11) is 3.02. The summed E-state index contributed by atoms with van der Waals surface area (Å²) in [6.07, 6.45) is -8.19. The number of methoxy groups -OCH3 is 2. The maximum absolute atomic E-state index is 13.1. The molecule has 1 aromatic heterocycles. The van der Waals surface area contributed by atoms with Gasteiger partial charge >= 0.3 is 18.4 Å². The van der Waals surface area contributed by atoms with E-state index in [4.69, 9.17) is 9.47 Å². The number of hydrogen-bond donors (Lipinski definition) is 2. The number of halogens is 6. The summed E-state index contributed by atoms with van der Waals surface area (Å²) in [5.41, 5.74) is -0.235. The second-order valence-corrected chi connectivity index (χ2v) is 9.54. The molecule has 0 atom stereocenters. The fraction of sp³-hybridized carbons (Fsp3) is 0.407. The Morgan fingerprint density at radius 2 is 1.63 bits per heavy atom. The first kappa shape index (κ1) is 31.4. The maximum atomic E-state index is 13.1. The molecular formula is C27H28F6N6O4. The first-order chi connectivity index (χ1) is 20.3. The summed E-state index contributed by atoms with van der Waals surface area (Å²) in [5, 5.41) is 5.56. The largest absolute Gasteiger partial charge is 0.493 e. The van der Waals surface area contributed by atoms with Crippen LogP contribution in [0.5, 0.6) is 17.5 Å². The molecule has 4 rings (SSSR count). The summed E-state index contributed by atoms with van der Waals surface area (Å²) in [6, 6.07) is 8.44. The van der Waals surface area contributed by atoms with Crippen LogP contribution in [0.25, 0.3) is 0 Å². The summed E-state index contributed by atoms with van der Waals surface area (Å²) in [4.78, 5) is 26.4. The van der Waals surface area contributed by atoms with Crippen molar-refractivity contribution in [1.82, 2.24) is 19.9 Å². The molecule has 1 amide bonds. The Morgan fingerprint density at radius 1 is 0.930 bits per heavy atom. The van der Waals surface area contributed by atoms with Gasteiger partial charge in [0.1, 0.15) is 0 Å².